The third-order valence-electron chi connectivity index (χ3n) is 3.30. The van der Waals surface area contributed by atoms with Crippen LogP contribution in [0, 0.1) is 0 Å². The first kappa shape index (κ1) is 17.2. The van der Waals surface area contributed by atoms with Crippen LogP contribution in [0.1, 0.15) is 16.1 Å². The first-order valence-electron chi connectivity index (χ1n) is 7.34. The molecule has 9 heteroatoms. The standard InChI is InChI=1S/C16H13F3N4OS/c17-16(18,19)10-5-6-12(22-9-10)14(24)20-7-8-21-15-23-11-3-1-2-4-13(11)25-15/h1-6,9H,7-8H2,(H,20,24)(H,21,23). The summed E-state index contributed by atoms with van der Waals surface area (Å²) in [5, 5.41) is 6.43. The summed E-state index contributed by atoms with van der Waals surface area (Å²) in [4.78, 5) is 19.8. The Bertz CT molecular complexity index is 844. The van der Waals surface area contributed by atoms with Crippen LogP contribution >= 0.6 is 11.3 Å². The molecule has 0 aliphatic rings. The number of anilines is 1. The fourth-order valence-electron chi connectivity index (χ4n) is 2.08. The van der Waals surface area contributed by atoms with Gasteiger partial charge >= 0.3 is 6.18 Å². The minimum Gasteiger partial charge on any atom is -0.360 e. The maximum absolute atomic E-state index is 12.5. The molecule has 2 aromatic heterocycles. The van der Waals surface area contributed by atoms with Crippen molar-refractivity contribution < 1.29 is 18.0 Å². The topological polar surface area (TPSA) is 66.9 Å². The van der Waals surface area contributed by atoms with Crippen molar-refractivity contribution in [2.45, 2.75) is 6.18 Å². The van der Waals surface area contributed by atoms with E-state index in [2.05, 4.69) is 20.6 Å². The van der Waals surface area contributed by atoms with E-state index in [-0.39, 0.29) is 12.2 Å². The minimum absolute atomic E-state index is 0.0620. The molecule has 0 saturated heterocycles. The number of alkyl halides is 3. The van der Waals surface area contributed by atoms with Gasteiger partial charge in [-0.15, -0.1) is 0 Å². The van der Waals surface area contributed by atoms with Crippen molar-refractivity contribution in [2.75, 3.05) is 18.4 Å². The molecule has 0 aliphatic carbocycles. The monoisotopic (exact) mass is 366 g/mol. The number of para-hydroxylation sites is 1. The normalized spacial score (nSPS) is 11.5. The Morgan fingerprint density at radius 3 is 2.60 bits per heavy atom. The van der Waals surface area contributed by atoms with Crippen molar-refractivity contribution in [3.8, 4) is 0 Å². The maximum atomic E-state index is 12.5. The number of nitrogens with zero attached hydrogens (tertiary/aromatic N) is 2. The molecule has 3 rings (SSSR count). The van der Waals surface area contributed by atoms with Crippen molar-refractivity contribution >= 4 is 32.6 Å². The largest absolute Gasteiger partial charge is 0.417 e. The molecule has 1 amide bonds. The summed E-state index contributed by atoms with van der Waals surface area (Å²) in [7, 11) is 0. The zero-order chi connectivity index (χ0) is 17.9. The molecule has 2 N–H and O–H groups in total. The average Bonchev–Trinajstić information content (AvgIpc) is 3.00. The highest BCUT2D eigenvalue weighted by molar-refractivity contribution is 7.22. The average molecular weight is 366 g/mol. The van der Waals surface area contributed by atoms with Gasteiger partial charge in [0.25, 0.3) is 5.91 Å². The Morgan fingerprint density at radius 2 is 1.92 bits per heavy atom. The number of rotatable bonds is 5. The van der Waals surface area contributed by atoms with Crippen LogP contribution in [0.3, 0.4) is 0 Å². The van der Waals surface area contributed by atoms with Gasteiger partial charge in [-0.25, -0.2) is 4.98 Å². The molecule has 0 aliphatic heterocycles. The van der Waals surface area contributed by atoms with Crippen LogP contribution in [0.5, 0.6) is 0 Å². The Kier molecular flexibility index (Phi) is 4.84. The van der Waals surface area contributed by atoms with Gasteiger partial charge in [-0.1, -0.05) is 23.5 Å². The lowest BCUT2D eigenvalue weighted by atomic mass is 10.2. The summed E-state index contributed by atoms with van der Waals surface area (Å²) in [6.45, 7) is 0.726. The van der Waals surface area contributed by atoms with E-state index >= 15 is 0 Å². The summed E-state index contributed by atoms with van der Waals surface area (Å²) in [6, 6.07) is 9.61. The predicted octanol–water partition coefficient (Wildman–Crippen LogP) is 3.55. The summed E-state index contributed by atoms with van der Waals surface area (Å²) in [5.74, 6) is -0.528. The molecule has 5 nitrogen and oxygen atoms in total. The Balaban J connectivity index is 1.49. The number of aromatic nitrogens is 2. The zero-order valence-electron chi connectivity index (χ0n) is 12.8. The second kappa shape index (κ2) is 7.06. The molecule has 0 radical (unpaired) electrons. The maximum Gasteiger partial charge on any atom is 0.417 e. The highest BCUT2D eigenvalue weighted by atomic mass is 32.1. The molecule has 0 atom stereocenters. The van der Waals surface area contributed by atoms with Gasteiger partial charge in [-0.05, 0) is 24.3 Å². The third-order valence-corrected chi connectivity index (χ3v) is 4.30. The lowest BCUT2D eigenvalue weighted by molar-refractivity contribution is -0.137. The number of nitrogens with one attached hydrogen (secondary N) is 2. The predicted molar refractivity (Wildman–Crippen MR) is 89.7 cm³/mol. The molecule has 25 heavy (non-hydrogen) atoms. The van der Waals surface area contributed by atoms with Gasteiger partial charge in [-0.3, -0.25) is 9.78 Å². The van der Waals surface area contributed by atoms with Crippen LogP contribution in [-0.2, 0) is 6.18 Å². The van der Waals surface area contributed by atoms with E-state index < -0.39 is 17.6 Å². The van der Waals surface area contributed by atoms with Gasteiger partial charge < -0.3 is 10.6 Å². The van der Waals surface area contributed by atoms with Crippen LogP contribution in [0.4, 0.5) is 18.3 Å². The molecule has 0 bridgehead atoms. The number of fused-ring (bicyclic) bond motifs is 1. The van der Waals surface area contributed by atoms with Crippen molar-refractivity contribution in [3.05, 3.63) is 53.9 Å². The lowest BCUT2D eigenvalue weighted by Gasteiger charge is -2.08. The Hall–Kier alpha value is -2.68. The van der Waals surface area contributed by atoms with Crippen LogP contribution < -0.4 is 10.6 Å². The first-order chi connectivity index (χ1) is 11.9. The fraction of sp³-hybridized carbons (Fsp3) is 0.188. The molecular formula is C16H13F3N4OS. The molecule has 1 aromatic carbocycles. The van der Waals surface area contributed by atoms with Crippen LogP contribution in [0.15, 0.2) is 42.6 Å². The van der Waals surface area contributed by atoms with Crippen molar-refractivity contribution in [3.63, 3.8) is 0 Å². The number of carbonyl (C=O) groups excluding carboxylic acids is 1. The van der Waals surface area contributed by atoms with E-state index in [4.69, 9.17) is 0 Å². The fourth-order valence-corrected chi connectivity index (χ4v) is 2.97. The lowest BCUT2D eigenvalue weighted by Crippen LogP contribution is -2.29. The summed E-state index contributed by atoms with van der Waals surface area (Å²) >= 11 is 1.50. The van der Waals surface area contributed by atoms with Gasteiger partial charge in [-0.2, -0.15) is 13.2 Å². The third kappa shape index (κ3) is 4.24. The SMILES string of the molecule is O=C(NCCNc1nc2ccccc2s1)c1ccc(C(F)(F)F)cn1. The van der Waals surface area contributed by atoms with Gasteiger partial charge in [0.1, 0.15) is 5.69 Å². The molecule has 0 saturated carbocycles. The molecule has 2 heterocycles. The highest BCUT2D eigenvalue weighted by Crippen LogP contribution is 2.28. The first-order valence-corrected chi connectivity index (χ1v) is 8.16. The second-order valence-corrected chi connectivity index (χ2v) is 6.13. The summed E-state index contributed by atoms with van der Waals surface area (Å²) in [5.41, 5.74) is -0.0532. The number of halogens is 3. The molecular weight excluding hydrogens is 353 g/mol. The van der Waals surface area contributed by atoms with Gasteiger partial charge in [0.15, 0.2) is 5.13 Å². The Morgan fingerprint density at radius 1 is 1.12 bits per heavy atom. The Labute approximate surface area is 144 Å². The zero-order valence-corrected chi connectivity index (χ0v) is 13.6. The van der Waals surface area contributed by atoms with Crippen molar-refractivity contribution in [1.82, 2.24) is 15.3 Å². The smallest absolute Gasteiger partial charge is 0.360 e. The second-order valence-electron chi connectivity index (χ2n) is 5.10. The number of benzene rings is 1. The number of hydrogen-bond donors (Lipinski definition) is 2. The van der Waals surface area contributed by atoms with Gasteiger partial charge in [0.2, 0.25) is 0 Å². The van der Waals surface area contributed by atoms with E-state index in [0.29, 0.717) is 12.7 Å². The van der Waals surface area contributed by atoms with E-state index in [9.17, 15) is 18.0 Å². The number of pyridine rings is 1. The van der Waals surface area contributed by atoms with E-state index in [0.717, 1.165) is 27.5 Å². The van der Waals surface area contributed by atoms with Crippen molar-refractivity contribution in [2.24, 2.45) is 0 Å². The number of thiazole rings is 1. The van der Waals surface area contributed by atoms with Crippen LogP contribution in [0.25, 0.3) is 10.2 Å². The number of amides is 1. The molecule has 130 valence electrons. The molecule has 0 spiro atoms. The summed E-state index contributed by atoms with van der Waals surface area (Å²) < 4.78 is 38.4. The molecule has 0 unspecified atom stereocenters. The number of hydrogen-bond acceptors (Lipinski definition) is 5. The minimum atomic E-state index is -4.47. The van der Waals surface area contributed by atoms with Crippen molar-refractivity contribution in [1.29, 1.82) is 0 Å². The van der Waals surface area contributed by atoms with E-state index in [1.807, 2.05) is 24.3 Å². The highest BCUT2D eigenvalue weighted by Gasteiger charge is 2.30. The van der Waals surface area contributed by atoms with Crippen LogP contribution in [0.2, 0.25) is 0 Å². The van der Waals surface area contributed by atoms with Gasteiger partial charge in [0, 0.05) is 19.3 Å². The summed E-state index contributed by atoms with van der Waals surface area (Å²) in [6.07, 6.45) is -3.82. The van der Waals surface area contributed by atoms with E-state index in [1.54, 1.807) is 0 Å². The van der Waals surface area contributed by atoms with E-state index in [1.165, 1.54) is 11.3 Å². The van der Waals surface area contributed by atoms with Crippen LogP contribution in [-0.4, -0.2) is 29.0 Å². The van der Waals surface area contributed by atoms with Gasteiger partial charge in [0.05, 0.1) is 15.8 Å². The molecule has 0 fully saturated rings. The molecule has 3 aromatic rings. The quantitative estimate of drug-likeness (QED) is 0.678. The number of carbonyl (C=O) groups is 1.